The first-order chi connectivity index (χ1) is 17.1. The number of nitrogens with zero attached hydrogens (tertiary/aromatic N) is 2. The maximum absolute atomic E-state index is 13.3. The van der Waals surface area contributed by atoms with Crippen LogP contribution in [0.2, 0.25) is 5.02 Å². The number of hydrogen-bond donors (Lipinski definition) is 2. The number of halogens is 1. The van der Waals surface area contributed by atoms with Crippen molar-refractivity contribution in [3.8, 4) is 5.75 Å². The van der Waals surface area contributed by atoms with Gasteiger partial charge in [0.1, 0.15) is 11.6 Å². The average molecular weight is 485 g/mol. The molecule has 7 heteroatoms. The minimum absolute atomic E-state index is 0.193. The number of allylic oxidation sites excluding steroid dienone is 1. The minimum Gasteiger partial charge on any atom is -0.497 e. The van der Waals surface area contributed by atoms with Gasteiger partial charge in [0.05, 0.1) is 24.2 Å². The number of ether oxygens (including phenoxy) is 1. The molecule has 0 spiro atoms. The lowest BCUT2D eigenvalue weighted by Crippen LogP contribution is -2.32. The number of nitrogens with one attached hydrogen (secondary N) is 2. The lowest BCUT2D eigenvalue weighted by Gasteiger charge is -2.20. The highest BCUT2D eigenvalue weighted by Crippen LogP contribution is 2.29. The monoisotopic (exact) mass is 484 g/mol. The van der Waals surface area contributed by atoms with Crippen LogP contribution in [0.4, 0.5) is 0 Å². The minimum atomic E-state index is -0.393. The maximum Gasteiger partial charge on any atom is 0.251 e. The highest BCUT2D eigenvalue weighted by molar-refractivity contribution is 6.30. The zero-order chi connectivity index (χ0) is 24.4. The van der Waals surface area contributed by atoms with E-state index >= 15 is 0 Å². The van der Waals surface area contributed by atoms with Crippen LogP contribution in [0, 0.1) is 0 Å². The molecule has 0 radical (unpaired) electrons. The summed E-state index contributed by atoms with van der Waals surface area (Å²) in [5, 5.41) is 4.91. The van der Waals surface area contributed by atoms with Crippen molar-refractivity contribution in [2.24, 2.45) is 0 Å². The lowest BCUT2D eigenvalue weighted by molar-refractivity contribution is 0.0934. The van der Waals surface area contributed by atoms with E-state index in [2.05, 4.69) is 27.5 Å². The third kappa shape index (κ3) is 4.53. The summed E-state index contributed by atoms with van der Waals surface area (Å²) in [5.74, 6) is 1.30. The molecule has 2 heterocycles. The topological polar surface area (TPSA) is 71.9 Å². The number of H-pyrrole nitrogens is 1. The predicted molar refractivity (Wildman–Crippen MR) is 140 cm³/mol. The number of aromatic amines is 1. The second-order valence-electron chi connectivity index (χ2n) is 8.32. The molecule has 0 aliphatic carbocycles. The molecule has 6 nitrogen and oxygen atoms in total. The van der Waals surface area contributed by atoms with Gasteiger partial charge >= 0.3 is 0 Å². The number of aromatic nitrogens is 3. The molecule has 0 bridgehead atoms. The van der Waals surface area contributed by atoms with Crippen LogP contribution < -0.4 is 10.1 Å². The van der Waals surface area contributed by atoms with Crippen molar-refractivity contribution in [2.45, 2.75) is 19.0 Å². The van der Waals surface area contributed by atoms with Crippen molar-refractivity contribution in [3.63, 3.8) is 0 Å². The fourth-order valence-corrected chi connectivity index (χ4v) is 4.53. The van der Waals surface area contributed by atoms with E-state index in [1.807, 2.05) is 48.7 Å². The molecule has 176 valence electrons. The quantitative estimate of drug-likeness (QED) is 0.262. The van der Waals surface area contributed by atoms with E-state index in [0.29, 0.717) is 23.6 Å². The maximum atomic E-state index is 13.3. The fraction of sp³-hybridized carbons (Fsp3) is 0.143. The standard InChI is InChI=1S/C28H25ClN4O2/c1-3-14-33-26-16-21(35-2)12-13-24(26)31-27(33)25(32-28(34)18-8-10-20(29)11-9-18)15-19-17-30-23-7-5-4-6-22(19)23/h3-13,16-17,25,30H,1,14-15H2,2H3,(H,32,34). The van der Waals surface area contributed by atoms with E-state index in [0.717, 1.165) is 39.1 Å². The summed E-state index contributed by atoms with van der Waals surface area (Å²) in [6.45, 7) is 4.48. The van der Waals surface area contributed by atoms with E-state index in [1.165, 1.54) is 0 Å². The van der Waals surface area contributed by atoms with Crippen LogP contribution in [0.25, 0.3) is 21.9 Å². The van der Waals surface area contributed by atoms with Gasteiger partial charge in [-0.1, -0.05) is 35.9 Å². The van der Waals surface area contributed by atoms with E-state index in [1.54, 1.807) is 31.4 Å². The Morgan fingerprint density at radius 3 is 2.77 bits per heavy atom. The number of imidazole rings is 1. The van der Waals surface area contributed by atoms with Crippen LogP contribution in [0.15, 0.2) is 85.6 Å². The van der Waals surface area contributed by atoms with Gasteiger partial charge in [0.2, 0.25) is 0 Å². The van der Waals surface area contributed by atoms with Gasteiger partial charge in [-0.15, -0.1) is 6.58 Å². The number of benzene rings is 3. The molecule has 1 amide bonds. The Bertz CT molecular complexity index is 1520. The Morgan fingerprint density at radius 1 is 1.20 bits per heavy atom. The van der Waals surface area contributed by atoms with Gasteiger partial charge in [0.25, 0.3) is 5.91 Å². The summed E-state index contributed by atoms with van der Waals surface area (Å²) < 4.78 is 7.51. The molecule has 2 N–H and O–H groups in total. The van der Waals surface area contributed by atoms with Crippen molar-refractivity contribution in [2.75, 3.05) is 7.11 Å². The summed E-state index contributed by atoms with van der Waals surface area (Å²) in [6.07, 6.45) is 4.38. The summed E-state index contributed by atoms with van der Waals surface area (Å²) in [7, 11) is 1.64. The van der Waals surface area contributed by atoms with Gasteiger partial charge in [-0.25, -0.2) is 4.98 Å². The number of carbonyl (C=O) groups is 1. The van der Waals surface area contributed by atoms with Gasteiger partial charge < -0.3 is 19.6 Å². The summed E-state index contributed by atoms with van der Waals surface area (Å²) >= 11 is 6.03. The Kier molecular flexibility index (Phi) is 6.29. The number of para-hydroxylation sites is 1. The van der Waals surface area contributed by atoms with Crippen molar-refractivity contribution >= 4 is 39.4 Å². The van der Waals surface area contributed by atoms with Crippen LogP contribution in [-0.4, -0.2) is 27.6 Å². The first kappa shape index (κ1) is 22.7. The largest absolute Gasteiger partial charge is 0.497 e. The van der Waals surface area contributed by atoms with E-state index in [-0.39, 0.29) is 5.91 Å². The van der Waals surface area contributed by atoms with E-state index in [9.17, 15) is 4.79 Å². The highest BCUT2D eigenvalue weighted by Gasteiger charge is 2.24. The van der Waals surface area contributed by atoms with Crippen molar-refractivity contribution < 1.29 is 9.53 Å². The Morgan fingerprint density at radius 2 is 2.00 bits per heavy atom. The number of amides is 1. The molecule has 0 saturated carbocycles. The van der Waals surface area contributed by atoms with Gasteiger partial charge in [-0.05, 0) is 48.0 Å². The third-order valence-electron chi connectivity index (χ3n) is 6.12. The Hall–Kier alpha value is -4.03. The van der Waals surface area contributed by atoms with Crippen LogP contribution in [-0.2, 0) is 13.0 Å². The molecular weight excluding hydrogens is 460 g/mol. The van der Waals surface area contributed by atoms with Crippen LogP contribution >= 0.6 is 11.6 Å². The SMILES string of the molecule is C=CCn1c(C(Cc2c[nH]c3ccccc23)NC(=O)c2ccc(Cl)cc2)nc2ccc(OC)cc21. The van der Waals surface area contributed by atoms with Gasteiger partial charge in [-0.2, -0.15) is 0 Å². The molecule has 0 saturated heterocycles. The number of fused-ring (bicyclic) bond motifs is 2. The average Bonchev–Trinajstić information content (AvgIpc) is 3.45. The van der Waals surface area contributed by atoms with E-state index < -0.39 is 6.04 Å². The number of rotatable bonds is 8. The second-order valence-corrected chi connectivity index (χ2v) is 8.76. The molecule has 2 aromatic heterocycles. The van der Waals surface area contributed by atoms with Gasteiger partial charge in [-0.3, -0.25) is 4.79 Å². The molecule has 0 fully saturated rings. The number of carbonyl (C=O) groups excluding carboxylic acids is 1. The first-order valence-electron chi connectivity index (χ1n) is 11.3. The van der Waals surface area contributed by atoms with Crippen LogP contribution in [0.3, 0.4) is 0 Å². The summed E-state index contributed by atoms with van der Waals surface area (Å²) in [5.41, 5.74) is 4.43. The number of hydrogen-bond acceptors (Lipinski definition) is 3. The second kappa shape index (κ2) is 9.68. The predicted octanol–water partition coefficient (Wildman–Crippen LogP) is 6.08. The Balaban J connectivity index is 1.60. The zero-order valence-electron chi connectivity index (χ0n) is 19.3. The molecule has 5 aromatic rings. The van der Waals surface area contributed by atoms with Crippen LogP contribution in [0.1, 0.15) is 27.8 Å². The molecule has 5 rings (SSSR count). The highest BCUT2D eigenvalue weighted by atomic mass is 35.5. The first-order valence-corrected chi connectivity index (χ1v) is 11.7. The molecular formula is C28H25ClN4O2. The molecule has 0 aliphatic rings. The number of methoxy groups -OCH3 is 1. The van der Waals surface area contributed by atoms with Gasteiger partial charge in [0.15, 0.2) is 0 Å². The normalized spacial score (nSPS) is 12.1. The molecule has 0 aliphatic heterocycles. The van der Waals surface area contributed by atoms with Crippen molar-refractivity contribution in [3.05, 3.63) is 108 Å². The van der Waals surface area contributed by atoms with Crippen molar-refractivity contribution in [1.82, 2.24) is 19.9 Å². The zero-order valence-corrected chi connectivity index (χ0v) is 20.0. The fourth-order valence-electron chi connectivity index (χ4n) is 4.41. The third-order valence-corrected chi connectivity index (χ3v) is 6.37. The van der Waals surface area contributed by atoms with E-state index in [4.69, 9.17) is 21.3 Å². The lowest BCUT2D eigenvalue weighted by atomic mass is 10.0. The van der Waals surface area contributed by atoms with Crippen molar-refractivity contribution in [1.29, 1.82) is 0 Å². The Labute approximate surface area is 208 Å². The molecule has 35 heavy (non-hydrogen) atoms. The molecule has 1 atom stereocenters. The summed E-state index contributed by atoms with van der Waals surface area (Å²) in [4.78, 5) is 21.5. The smallest absolute Gasteiger partial charge is 0.251 e. The molecule has 3 aromatic carbocycles. The summed E-state index contributed by atoms with van der Waals surface area (Å²) in [6, 6.07) is 20.4. The molecule has 1 unspecified atom stereocenters. The van der Waals surface area contributed by atoms with Gasteiger partial charge in [0, 0.05) is 46.7 Å². The van der Waals surface area contributed by atoms with Crippen LogP contribution in [0.5, 0.6) is 5.75 Å².